The average Bonchev–Trinajstić information content (AvgIpc) is 2.35. The van der Waals surface area contributed by atoms with Gasteiger partial charge in [0.15, 0.2) is 0 Å². The first-order chi connectivity index (χ1) is 8.98. The Labute approximate surface area is 112 Å². The molecule has 1 aliphatic rings. The van der Waals surface area contributed by atoms with E-state index in [9.17, 15) is 9.59 Å². The van der Waals surface area contributed by atoms with Crippen LogP contribution in [-0.4, -0.2) is 22.5 Å². The predicted molar refractivity (Wildman–Crippen MR) is 72.8 cm³/mol. The van der Waals surface area contributed by atoms with E-state index in [1.54, 1.807) is 24.3 Å². The molecule has 0 atom stereocenters. The van der Waals surface area contributed by atoms with Gasteiger partial charge in [-0.25, -0.2) is 4.79 Å². The van der Waals surface area contributed by atoms with Crippen LogP contribution in [0, 0.1) is 0 Å². The van der Waals surface area contributed by atoms with Gasteiger partial charge in [0.2, 0.25) is 0 Å². The molecule has 100 valence electrons. The van der Waals surface area contributed by atoms with E-state index in [-0.39, 0.29) is 11.4 Å². The van der Waals surface area contributed by atoms with E-state index >= 15 is 0 Å². The van der Waals surface area contributed by atoms with Crippen LogP contribution in [-0.2, 0) is 4.79 Å². The standard InChI is InChI=1S/C15H17NO3/c1-15(9-2-10-15)16-14(19)12-6-3-11(4-7-12)5-8-13(17)18/h3-8H,2,9-10H2,1H3,(H,16,19)(H,17,18)/b8-5+. The maximum atomic E-state index is 12.0. The minimum absolute atomic E-state index is 0.0566. The van der Waals surface area contributed by atoms with Crippen molar-refractivity contribution in [2.24, 2.45) is 0 Å². The number of hydrogen-bond donors (Lipinski definition) is 2. The first-order valence-corrected chi connectivity index (χ1v) is 6.32. The lowest BCUT2D eigenvalue weighted by atomic mass is 9.78. The highest BCUT2D eigenvalue weighted by molar-refractivity contribution is 5.95. The number of carboxylic acids is 1. The van der Waals surface area contributed by atoms with E-state index in [0.29, 0.717) is 5.56 Å². The molecule has 1 aromatic rings. The van der Waals surface area contributed by atoms with E-state index < -0.39 is 5.97 Å². The summed E-state index contributed by atoms with van der Waals surface area (Å²) in [5.41, 5.74) is 1.30. The van der Waals surface area contributed by atoms with Crippen LogP contribution in [0.2, 0.25) is 0 Å². The van der Waals surface area contributed by atoms with Crippen LogP contribution in [0.3, 0.4) is 0 Å². The Morgan fingerprint density at radius 3 is 2.37 bits per heavy atom. The molecule has 1 aromatic carbocycles. The van der Waals surface area contributed by atoms with E-state index in [1.165, 1.54) is 6.08 Å². The van der Waals surface area contributed by atoms with Crippen molar-refractivity contribution in [3.05, 3.63) is 41.5 Å². The maximum Gasteiger partial charge on any atom is 0.328 e. The predicted octanol–water partition coefficient (Wildman–Crippen LogP) is 2.46. The topological polar surface area (TPSA) is 66.4 Å². The Hall–Kier alpha value is -2.10. The molecule has 4 nitrogen and oxygen atoms in total. The van der Waals surface area contributed by atoms with Crippen LogP contribution in [0.5, 0.6) is 0 Å². The zero-order valence-electron chi connectivity index (χ0n) is 10.8. The number of benzene rings is 1. The second-order valence-corrected chi connectivity index (χ2v) is 5.16. The maximum absolute atomic E-state index is 12.0. The highest BCUT2D eigenvalue weighted by atomic mass is 16.4. The number of hydrogen-bond acceptors (Lipinski definition) is 2. The van der Waals surface area contributed by atoms with E-state index in [0.717, 1.165) is 30.9 Å². The summed E-state index contributed by atoms with van der Waals surface area (Å²) in [5.74, 6) is -1.06. The number of carbonyl (C=O) groups is 2. The summed E-state index contributed by atoms with van der Waals surface area (Å²) in [7, 11) is 0. The third kappa shape index (κ3) is 3.44. The Balaban J connectivity index is 2.01. The normalized spacial score (nSPS) is 16.9. The van der Waals surface area contributed by atoms with E-state index in [2.05, 4.69) is 12.2 Å². The summed E-state index contributed by atoms with van der Waals surface area (Å²) in [6.45, 7) is 2.05. The van der Waals surface area contributed by atoms with Gasteiger partial charge in [0.05, 0.1) is 0 Å². The molecule has 0 aliphatic heterocycles. The molecule has 0 bridgehead atoms. The second kappa shape index (κ2) is 5.26. The minimum Gasteiger partial charge on any atom is -0.478 e. The third-order valence-corrected chi connectivity index (χ3v) is 3.46. The molecule has 1 fully saturated rings. The van der Waals surface area contributed by atoms with Crippen molar-refractivity contribution >= 4 is 18.0 Å². The highest BCUT2D eigenvalue weighted by Crippen LogP contribution is 2.31. The summed E-state index contributed by atoms with van der Waals surface area (Å²) in [5, 5.41) is 11.6. The quantitative estimate of drug-likeness (QED) is 0.816. The number of nitrogens with one attached hydrogen (secondary N) is 1. The number of rotatable bonds is 4. The van der Waals surface area contributed by atoms with Crippen molar-refractivity contribution in [3.63, 3.8) is 0 Å². The molecule has 2 N–H and O–H groups in total. The van der Waals surface area contributed by atoms with Gasteiger partial charge in [0, 0.05) is 17.2 Å². The fourth-order valence-corrected chi connectivity index (χ4v) is 2.09. The second-order valence-electron chi connectivity index (χ2n) is 5.16. The van der Waals surface area contributed by atoms with Gasteiger partial charge in [-0.05, 0) is 50.0 Å². The lowest BCUT2D eigenvalue weighted by Gasteiger charge is -2.39. The van der Waals surface area contributed by atoms with Gasteiger partial charge in [0.25, 0.3) is 5.91 Å². The van der Waals surface area contributed by atoms with Crippen molar-refractivity contribution in [1.29, 1.82) is 0 Å². The van der Waals surface area contributed by atoms with Crippen LogP contribution in [0.1, 0.15) is 42.1 Å². The molecule has 0 spiro atoms. The highest BCUT2D eigenvalue weighted by Gasteiger charge is 2.33. The fourth-order valence-electron chi connectivity index (χ4n) is 2.09. The first-order valence-electron chi connectivity index (χ1n) is 6.32. The van der Waals surface area contributed by atoms with Crippen LogP contribution < -0.4 is 5.32 Å². The molecule has 0 aromatic heterocycles. The van der Waals surface area contributed by atoms with Crippen LogP contribution in [0.15, 0.2) is 30.3 Å². The molecule has 1 amide bonds. The van der Waals surface area contributed by atoms with Gasteiger partial charge in [-0.15, -0.1) is 0 Å². The largest absolute Gasteiger partial charge is 0.478 e. The SMILES string of the molecule is CC1(NC(=O)c2ccc(/C=C/C(=O)O)cc2)CCC1. The van der Waals surface area contributed by atoms with E-state index in [4.69, 9.17) is 5.11 Å². The zero-order valence-corrected chi connectivity index (χ0v) is 10.8. The van der Waals surface area contributed by atoms with Crippen LogP contribution in [0.4, 0.5) is 0 Å². The van der Waals surface area contributed by atoms with E-state index in [1.807, 2.05) is 0 Å². The summed E-state index contributed by atoms with van der Waals surface area (Å²) < 4.78 is 0. The monoisotopic (exact) mass is 259 g/mol. The van der Waals surface area contributed by atoms with Gasteiger partial charge in [-0.1, -0.05) is 12.1 Å². The van der Waals surface area contributed by atoms with Gasteiger partial charge in [-0.2, -0.15) is 0 Å². The van der Waals surface area contributed by atoms with Crippen LogP contribution >= 0.6 is 0 Å². The lowest BCUT2D eigenvalue weighted by Crippen LogP contribution is -2.50. The fraction of sp³-hybridized carbons (Fsp3) is 0.333. The smallest absolute Gasteiger partial charge is 0.328 e. The number of carbonyl (C=O) groups excluding carboxylic acids is 1. The summed E-state index contributed by atoms with van der Waals surface area (Å²) >= 11 is 0. The average molecular weight is 259 g/mol. The molecule has 2 rings (SSSR count). The lowest BCUT2D eigenvalue weighted by molar-refractivity contribution is -0.131. The van der Waals surface area contributed by atoms with Crippen molar-refractivity contribution in [3.8, 4) is 0 Å². The van der Waals surface area contributed by atoms with Crippen molar-refractivity contribution in [2.75, 3.05) is 0 Å². The summed E-state index contributed by atoms with van der Waals surface area (Å²) in [6, 6.07) is 6.88. The molecule has 4 heteroatoms. The Bertz CT molecular complexity index is 513. The molecule has 1 aliphatic carbocycles. The number of amides is 1. The zero-order chi connectivity index (χ0) is 13.9. The molecular weight excluding hydrogens is 242 g/mol. The third-order valence-electron chi connectivity index (χ3n) is 3.46. The molecular formula is C15H17NO3. The van der Waals surface area contributed by atoms with Crippen molar-refractivity contribution < 1.29 is 14.7 Å². The Kier molecular flexibility index (Phi) is 3.69. The molecule has 0 radical (unpaired) electrons. The molecule has 1 saturated carbocycles. The van der Waals surface area contributed by atoms with Crippen molar-refractivity contribution in [2.45, 2.75) is 31.7 Å². The summed E-state index contributed by atoms with van der Waals surface area (Å²) in [4.78, 5) is 22.4. The molecule has 19 heavy (non-hydrogen) atoms. The summed E-state index contributed by atoms with van der Waals surface area (Å²) in [6.07, 6.45) is 5.79. The van der Waals surface area contributed by atoms with Gasteiger partial charge in [-0.3, -0.25) is 4.79 Å². The Morgan fingerprint density at radius 2 is 1.89 bits per heavy atom. The first kappa shape index (κ1) is 13.3. The van der Waals surface area contributed by atoms with Crippen LogP contribution in [0.25, 0.3) is 6.08 Å². The molecule has 0 heterocycles. The van der Waals surface area contributed by atoms with Gasteiger partial charge < -0.3 is 10.4 Å². The van der Waals surface area contributed by atoms with Gasteiger partial charge >= 0.3 is 5.97 Å². The number of carboxylic acid groups (broad SMARTS) is 1. The minimum atomic E-state index is -0.986. The number of aliphatic carboxylic acids is 1. The van der Waals surface area contributed by atoms with Crippen molar-refractivity contribution in [1.82, 2.24) is 5.32 Å². The Morgan fingerprint density at radius 1 is 1.26 bits per heavy atom. The molecule has 0 unspecified atom stereocenters. The van der Waals surface area contributed by atoms with Gasteiger partial charge in [0.1, 0.15) is 0 Å². The molecule has 0 saturated heterocycles.